The Morgan fingerprint density at radius 2 is 0.667 bits per heavy atom. The highest BCUT2D eigenvalue weighted by Gasteiger charge is 2.20. The van der Waals surface area contributed by atoms with E-state index in [4.69, 9.17) is 19.4 Å². The second-order valence-corrected chi connectivity index (χ2v) is 17.4. The lowest BCUT2D eigenvalue weighted by Crippen LogP contribution is -2.08. The van der Waals surface area contributed by atoms with Crippen molar-refractivity contribution in [2.75, 3.05) is 13.2 Å². The lowest BCUT2D eigenvalue weighted by molar-refractivity contribution is 0.0686. The molecule has 0 fully saturated rings. The molecule has 14 heteroatoms. The number of carbonyl (C=O) groups is 3. The van der Waals surface area contributed by atoms with Gasteiger partial charge in [-0.15, -0.1) is 0 Å². The summed E-state index contributed by atoms with van der Waals surface area (Å²) < 4.78 is 12.1. The Labute approximate surface area is 428 Å². The van der Waals surface area contributed by atoms with E-state index in [1.807, 2.05) is 127 Å². The number of H-pyrrole nitrogens is 2. The molecule has 0 amide bonds. The van der Waals surface area contributed by atoms with Gasteiger partial charge >= 0.3 is 17.9 Å². The van der Waals surface area contributed by atoms with E-state index in [0.717, 1.165) is 22.3 Å². The Hall–Kier alpha value is -10.5. The predicted molar refractivity (Wildman–Crippen MR) is 290 cm³/mol. The van der Waals surface area contributed by atoms with Crippen LogP contribution in [0.5, 0.6) is 11.5 Å². The van der Waals surface area contributed by atoms with E-state index in [2.05, 4.69) is 20.2 Å². The van der Waals surface area contributed by atoms with Crippen molar-refractivity contribution in [1.29, 1.82) is 0 Å². The number of ether oxygens (including phenoxy) is 2. The maximum Gasteiger partial charge on any atom is 0.335 e. The fourth-order valence-corrected chi connectivity index (χ4v) is 9.01. The summed E-state index contributed by atoms with van der Waals surface area (Å²) in [7, 11) is 0. The van der Waals surface area contributed by atoms with E-state index in [1.165, 1.54) is 0 Å². The van der Waals surface area contributed by atoms with Crippen LogP contribution in [0.1, 0.15) is 53.8 Å². The number of fused-ring (bicyclic) bond motifs is 8. The minimum atomic E-state index is -1.06. The van der Waals surface area contributed by atoms with Gasteiger partial charge in [0.15, 0.2) is 0 Å². The second-order valence-electron chi connectivity index (χ2n) is 17.4. The summed E-state index contributed by atoms with van der Waals surface area (Å²) in [4.78, 5) is 53.8. The first-order valence-electron chi connectivity index (χ1n) is 23.7. The average molecular weight is 987 g/mol. The molecule has 0 atom stereocenters. The van der Waals surface area contributed by atoms with Crippen LogP contribution < -0.4 is 9.47 Å². The molecule has 6 aromatic carbocycles. The Morgan fingerprint density at radius 1 is 0.373 bits per heavy atom. The van der Waals surface area contributed by atoms with Crippen molar-refractivity contribution < 1.29 is 39.2 Å². The standard InChI is InChI=1S/C61H42N6O8/c68-59(69)40-12-6-36(7-13-40)55-47-26-28-49(62-47)56(37-8-14-41(15-9-37)60(70)71)51-30-32-53(64-51)58(54-33-31-52(65-54)57(50-29-27-48(55)63-50)38-10-16-42(17-11-38)61(72)73)39-18-22-45(23-19-39)74-34-35-75-46-24-20-44(21-25-46)67-66-43-4-2-1-3-5-43/h1-33,62,65H,34-35H2,(H,68,69)(H,70,71)(H,72,73). The molecule has 2 aliphatic rings. The van der Waals surface area contributed by atoms with Gasteiger partial charge in [-0.2, -0.15) is 10.2 Å². The van der Waals surface area contributed by atoms with Gasteiger partial charge in [0.2, 0.25) is 0 Å². The van der Waals surface area contributed by atoms with Crippen LogP contribution in [-0.4, -0.2) is 66.4 Å². The molecule has 14 nitrogen and oxygen atoms in total. The number of hydrogen-bond donors (Lipinski definition) is 5. The van der Waals surface area contributed by atoms with Crippen molar-refractivity contribution in [3.63, 3.8) is 0 Å². The zero-order valence-corrected chi connectivity index (χ0v) is 39.6. The first kappa shape index (κ1) is 46.9. The fourth-order valence-electron chi connectivity index (χ4n) is 9.01. The van der Waals surface area contributed by atoms with Crippen LogP contribution in [0.4, 0.5) is 11.4 Å². The molecule has 11 rings (SSSR count). The van der Waals surface area contributed by atoms with Gasteiger partial charge in [-0.05, 0) is 156 Å². The summed E-state index contributed by atoms with van der Waals surface area (Å²) in [6.45, 7) is 0.581. The summed E-state index contributed by atoms with van der Waals surface area (Å²) in [6, 6.07) is 52.2. The van der Waals surface area contributed by atoms with E-state index in [1.54, 1.807) is 72.8 Å². The summed E-state index contributed by atoms with van der Waals surface area (Å²) in [5, 5.41) is 37.9. The first-order valence-corrected chi connectivity index (χ1v) is 23.7. The van der Waals surface area contributed by atoms with Crippen LogP contribution in [-0.2, 0) is 0 Å². The third-order valence-electron chi connectivity index (χ3n) is 12.7. The maximum absolute atomic E-state index is 12.0. The molecule has 0 aliphatic carbocycles. The number of carboxylic acid groups (broad SMARTS) is 3. The van der Waals surface area contributed by atoms with Crippen LogP contribution >= 0.6 is 0 Å². The molecule has 9 aromatic rings. The Balaban J connectivity index is 1.03. The van der Waals surface area contributed by atoms with Gasteiger partial charge in [0.05, 0.1) is 50.8 Å². The van der Waals surface area contributed by atoms with E-state index < -0.39 is 17.9 Å². The van der Waals surface area contributed by atoms with Crippen LogP contribution in [0.3, 0.4) is 0 Å². The van der Waals surface area contributed by atoms with E-state index in [-0.39, 0.29) is 23.3 Å². The van der Waals surface area contributed by atoms with Crippen molar-refractivity contribution >= 4 is 75.7 Å². The number of benzene rings is 6. The highest BCUT2D eigenvalue weighted by atomic mass is 16.5. The summed E-state index contributed by atoms with van der Waals surface area (Å²) in [6.07, 6.45) is 7.68. The topological polar surface area (TPSA) is 212 Å². The SMILES string of the molecule is O=C(O)c1ccc(-c2c3nc(c(-c4ccc(C(=O)O)cc4)c4ccc([nH]4)c(-c4ccc(C(=O)O)cc4)c4nc(c(-c5ccc(OCCOc6ccc(N=Nc7ccccc7)cc6)cc5)c5ccc2[nH]5)C=C4)C=C3)cc1. The molecular formula is C61H42N6O8. The molecule has 75 heavy (non-hydrogen) atoms. The van der Waals surface area contributed by atoms with Crippen molar-refractivity contribution in [2.45, 2.75) is 0 Å². The van der Waals surface area contributed by atoms with E-state index in [9.17, 15) is 29.7 Å². The van der Waals surface area contributed by atoms with E-state index in [0.29, 0.717) is 96.5 Å². The number of aromatic amines is 2. The van der Waals surface area contributed by atoms with Crippen LogP contribution in [0.2, 0.25) is 0 Å². The van der Waals surface area contributed by atoms with Gasteiger partial charge in [0, 0.05) is 44.3 Å². The highest BCUT2D eigenvalue weighted by Crippen LogP contribution is 2.39. The Morgan fingerprint density at radius 3 is 0.987 bits per heavy atom. The van der Waals surface area contributed by atoms with Gasteiger partial charge in [-0.1, -0.05) is 66.7 Å². The third-order valence-corrected chi connectivity index (χ3v) is 12.7. The van der Waals surface area contributed by atoms with Crippen LogP contribution in [0, 0.1) is 0 Å². The van der Waals surface area contributed by atoms with Crippen molar-refractivity contribution in [3.05, 3.63) is 215 Å². The quantitative estimate of drug-likeness (QED) is 0.0513. The predicted octanol–water partition coefficient (Wildman–Crippen LogP) is 14.3. The molecule has 5 heterocycles. The van der Waals surface area contributed by atoms with Crippen LogP contribution in [0.15, 0.2) is 186 Å². The van der Waals surface area contributed by atoms with Crippen molar-refractivity contribution in [2.24, 2.45) is 10.2 Å². The van der Waals surface area contributed by atoms with Gasteiger partial charge in [-0.25, -0.2) is 24.4 Å². The lowest BCUT2D eigenvalue weighted by Gasteiger charge is -2.10. The van der Waals surface area contributed by atoms with Crippen molar-refractivity contribution in [1.82, 2.24) is 19.9 Å². The molecule has 2 aliphatic heterocycles. The molecule has 0 saturated carbocycles. The average Bonchev–Trinajstić information content (AvgIpc) is 4.30. The number of carboxylic acids is 3. The third kappa shape index (κ3) is 9.94. The maximum atomic E-state index is 12.0. The molecule has 0 spiro atoms. The molecule has 0 radical (unpaired) electrons. The number of rotatable bonds is 14. The second kappa shape index (κ2) is 20.3. The first-order chi connectivity index (χ1) is 36.6. The zero-order valence-electron chi connectivity index (χ0n) is 39.6. The number of nitrogens with one attached hydrogen (secondary N) is 2. The molecular weight excluding hydrogens is 945 g/mol. The lowest BCUT2D eigenvalue weighted by atomic mass is 10.0. The molecule has 8 bridgehead atoms. The number of hydrogen-bond acceptors (Lipinski definition) is 9. The molecule has 364 valence electrons. The normalized spacial score (nSPS) is 11.7. The zero-order chi connectivity index (χ0) is 51.4. The van der Waals surface area contributed by atoms with Gasteiger partial charge < -0.3 is 34.8 Å². The number of azo groups is 1. The smallest absolute Gasteiger partial charge is 0.335 e. The van der Waals surface area contributed by atoms with E-state index >= 15 is 0 Å². The van der Waals surface area contributed by atoms with Gasteiger partial charge in [0.1, 0.15) is 24.7 Å². The largest absolute Gasteiger partial charge is 0.490 e. The number of nitrogens with zero attached hydrogens (tertiary/aromatic N) is 4. The fraction of sp³-hybridized carbons (Fsp3) is 0.0328. The van der Waals surface area contributed by atoms with Crippen molar-refractivity contribution in [3.8, 4) is 56.0 Å². The highest BCUT2D eigenvalue weighted by molar-refractivity contribution is 6.01. The molecule has 0 saturated heterocycles. The van der Waals surface area contributed by atoms with Gasteiger partial charge in [-0.3, -0.25) is 0 Å². The number of aromatic nitrogens is 4. The number of aromatic carboxylic acids is 3. The van der Waals surface area contributed by atoms with Crippen LogP contribution in [0.25, 0.3) is 90.9 Å². The Kier molecular flexibility index (Phi) is 12.7. The summed E-state index contributed by atoms with van der Waals surface area (Å²) >= 11 is 0. The van der Waals surface area contributed by atoms with Gasteiger partial charge in [0.25, 0.3) is 0 Å². The minimum absolute atomic E-state index is 0.127. The minimum Gasteiger partial charge on any atom is -0.490 e. The monoisotopic (exact) mass is 986 g/mol. The molecule has 0 unspecified atom stereocenters. The molecule has 5 N–H and O–H groups in total. The molecule has 3 aromatic heterocycles. The summed E-state index contributed by atoms with van der Waals surface area (Å²) in [5.74, 6) is -1.85. The Bertz CT molecular complexity index is 3880. The summed E-state index contributed by atoms with van der Waals surface area (Å²) in [5.41, 5.74) is 12.9.